The quantitative estimate of drug-likeness (QED) is 0.293. The average Bonchev–Trinajstić information content (AvgIpc) is 3.21. The van der Waals surface area contributed by atoms with Crippen molar-refractivity contribution in [3.63, 3.8) is 0 Å². The third-order valence-corrected chi connectivity index (χ3v) is 8.35. The molecule has 212 valence electrons. The van der Waals surface area contributed by atoms with E-state index in [1.807, 2.05) is 29.2 Å². The summed E-state index contributed by atoms with van der Waals surface area (Å²) in [5.74, 6) is -2.35. The van der Waals surface area contributed by atoms with Crippen molar-refractivity contribution in [1.29, 1.82) is 0 Å². The van der Waals surface area contributed by atoms with Gasteiger partial charge in [-0.25, -0.2) is 0 Å². The number of aliphatic hydroxyl groups is 1. The van der Waals surface area contributed by atoms with Crippen LogP contribution in [0.3, 0.4) is 0 Å². The predicted octanol–water partition coefficient (Wildman–Crippen LogP) is 3.63. The summed E-state index contributed by atoms with van der Waals surface area (Å²) in [5.41, 5.74) is -1.67. The van der Waals surface area contributed by atoms with Crippen LogP contribution in [0.15, 0.2) is 24.3 Å². The van der Waals surface area contributed by atoms with Gasteiger partial charge < -0.3 is 24.4 Å². The summed E-state index contributed by atoms with van der Waals surface area (Å²) < 4.78 is 12.3. The van der Waals surface area contributed by atoms with Crippen molar-refractivity contribution in [2.45, 2.75) is 103 Å². The fraction of sp³-hybridized carbons (Fsp3) is 0.767. The summed E-state index contributed by atoms with van der Waals surface area (Å²) in [4.78, 5) is 45.5. The summed E-state index contributed by atoms with van der Waals surface area (Å²) in [7, 11) is 0. The lowest BCUT2D eigenvalue weighted by Crippen LogP contribution is -2.59. The van der Waals surface area contributed by atoms with Crippen molar-refractivity contribution in [3.8, 4) is 0 Å². The lowest BCUT2D eigenvalue weighted by atomic mass is 9.77. The number of hydrogen-bond donors (Lipinski definition) is 1. The topological polar surface area (TPSA) is 96.4 Å². The van der Waals surface area contributed by atoms with Crippen LogP contribution in [0.4, 0.5) is 0 Å². The summed E-state index contributed by atoms with van der Waals surface area (Å²) in [5, 5.41) is 9.14. The van der Waals surface area contributed by atoms with Crippen molar-refractivity contribution in [3.05, 3.63) is 24.3 Å². The van der Waals surface area contributed by atoms with Gasteiger partial charge >= 0.3 is 5.97 Å². The molecule has 0 bridgehead atoms. The highest BCUT2D eigenvalue weighted by Gasteiger charge is 2.72. The Morgan fingerprint density at radius 1 is 1.03 bits per heavy atom. The zero-order valence-electron chi connectivity index (χ0n) is 23.8. The van der Waals surface area contributed by atoms with Crippen LogP contribution in [0.2, 0.25) is 0 Å². The van der Waals surface area contributed by atoms with Crippen LogP contribution >= 0.6 is 0 Å². The molecule has 8 nitrogen and oxygen atoms in total. The molecule has 8 heteroatoms. The number of rotatable bonds is 8. The first-order valence-electron chi connectivity index (χ1n) is 14.3. The predicted molar refractivity (Wildman–Crippen MR) is 144 cm³/mol. The van der Waals surface area contributed by atoms with Gasteiger partial charge in [0, 0.05) is 25.2 Å². The third kappa shape index (κ3) is 5.44. The van der Waals surface area contributed by atoms with E-state index in [4.69, 9.17) is 14.6 Å². The maximum Gasteiger partial charge on any atom is 0.312 e. The van der Waals surface area contributed by atoms with E-state index < -0.39 is 41.1 Å². The fourth-order valence-electron chi connectivity index (χ4n) is 7.18. The molecule has 4 aliphatic rings. The van der Waals surface area contributed by atoms with E-state index in [0.29, 0.717) is 32.5 Å². The molecule has 38 heavy (non-hydrogen) atoms. The molecule has 2 amide bonds. The van der Waals surface area contributed by atoms with Crippen molar-refractivity contribution < 1.29 is 29.0 Å². The number of carbonyl (C=O) groups is 3. The Morgan fingerprint density at radius 2 is 1.76 bits per heavy atom. The van der Waals surface area contributed by atoms with Crippen molar-refractivity contribution >= 4 is 17.8 Å². The lowest BCUT2D eigenvalue weighted by Gasteiger charge is -2.44. The van der Waals surface area contributed by atoms with Crippen LogP contribution < -0.4 is 0 Å². The number of aliphatic hydroxyl groups excluding tert-OH is 1. The van der Waals surface area contributed by atoms with E-state index in [1.165, 1.54) is 0 Å². The van der Waals surface area contributed by atoms with E-state index >= 15 is 0 Å². The number of cyclic esters (lactones) is 1. The highest BCUT2D eigenvalue weighted by Crippen LogP contribution is 2.53. The number of amides is 2. The van der Waals surface area contributed by atoms with Crippen LogP contribution in [0, 0.1) is 17.3 Å². The first-order chi connectivity index (χ1) is 17.9. The van der Waals surface area contributed by atoms with Crippen LogP contribution in [0.1, 0.15) is 79.6 Å². The molecule has 4 rings (SSSR count). The lowest BCUT2D eigenvalue weighted by molar-refractivity contribution is -0.155. The molecule has 1 unspecified atom stereocenters. The fourth-order valence-corrected chi connectivity index (χ4v) is 7.18. The molecule has 5 atom stereocenters. The second kappa shape index (κ2) is 11.1. The second-order valence-corrected chi connectivity index (χ2v) is 13.2. The number of hydrogen-bond acceptors (Lipinski definition) is 6. The Labute approximate surface area is 227 Å². The van der Waals surface area contributed by atoms with Gasteiger partial charge in [-0.15, -0.1) is 0 Å². The van der Waals surface area contributed by atoms with Crippen molar-refractivity contribution in [2.75, 3.05) is 26.3 Å². The van der Waals surface area contributed by atoms with E-state index in [1.54, 1.807) is 4.90 Å². The summed E-state index contributed by atoms with van der Waals surface area (Å²) in [6.45, 7) is 12.0. The molecular weight excluding hydrogens is 484 g/mol. The standard InChI is InChI=1S/C30H46N2O6/c1-28(2,3)20-29(4,5)32-17-13-15-30-23(22-21(38-30)14-9-8-12-19-37-27(22)36)25(34)31(24(30)26(32)35)16-10-6-7-11-18-33/h9,13-15,21-24,33H,6-8,10-12,16-20H2,1-5H3/b14-9-/t21-,22+,23-,24?,30-/m0/s1. The van der Waals surface area contributed by atoms with Gasteiger partial charge in [0.1, 0.15) is 17.6 Å². The number of ether oxygens (including phenoxy) is 2. The van der Waals surface area contributed by atoms with Crippen LogP contribution in [0.5, 0.6) is 0 Å². The molecule has 0 aromatic rings. The second-order valence-electron chi connectivity index (χ2n) is 13.2. The third-order valence-electron chi connectivity index (χ3n) is 8.35. The zero-order valence-corrected chi connectivity index (χ0v) is 23.8. The molecule has 0 saturated carbocycles. The monoisotopic (exact) mass is 530 g/mol. The molecular formula is C30H46N2O6. The van der Waals surface area contributed by atoms with Gasteiger partial charge in [-0.05, 0) is 51.4 Å². The molecule has 0 aromatic heterocycles. The maximum atomic E-state index is 14.5. The Balaban J connectivity index is 1.74. The Bertz CT molecular complexity index is 966. The van der Waals surface area contributed by atoms with E-state index in [0.717, 1.165) is 32.1 Å². The van der Waals surface area contributed by atoms with E-state index in [-0.39, 0.29) is 23.8 Å². The number of likely N-dealkylation sites (tertiary alicyclic amines) is 1. The minimum Gasteiger partial charge on any atom is -0.465 e. The number of unbranched alkanes of at least 4 members (excludes halogenated alkanes) is 3. The molecule has 0 radical (unpaired) electrons. The number of esters is 1. The summed E-state index contributed by atoms with van der Waals surface area (Å²) in [6, 6.07) is -0.840. The molecule has 1 N–H and O–H groups in total. The number of allylic oxidation sites excluding steroid dienone is 1. The summed E-state index contributed by atoms with van der Waals surface area (Å²) >= 11 is 0. The van der Waals surface area contributed by atoms with E-state index in [2.05, 4.69) is 34.6 Å². The number of nitrogens with zero attached hydrogens (tertiary/aromatic N) is 2. The Kier molecular flexibility index (Phi) is 8.43. The van der Waals surface area contributed by atoms with Gasteiger partial charge in [0.05, 0.1) is 18.6 Å². The van der Waals surface area contributed by atoms with Gasteiger partial charge in [0.15, 0.2) is 0 Å². The minimum absolute atomic E-state index is 0.000271. The molecule has 4 aliphatic heterocycles. The first kappa shape index (κ1) is 28.8. The molecule has 0 aliphatic carbocycles. The van der Waals surface area contributed by atoms with Gasteiger partial charge in [0.25, 0.3) is 0 Å². The van der Waals surface area contributed by atoms with Gasteiger partial charge in [0.2, 0.25) is 11.8 Å². The highest BCUT2D eigenvalue weighted by molar-refractivity contribution is 5.99. The minimum atomic E-state index is -1.22. The molecule has 1 spiro atoms. The number of fused-ring (bicyclic) bond motifs is 2. The van der Waals surface area contributed by atoms with Gasteiger partial charge in [-0.3, -0.25) is 14.4 Å². The zero-order chi connectivity index (χ0) is 27.7. The SMILES string of the molecule is CC(C)(C)CC(C)(C)N1CC=C[C@]23O[C@H]4/C=C\CCCOC(=O)[C@H]4[C@H]2C(=O)N(CCCCCCO)C3C1=O. The van der Waals surface area contributed by atoms with Gasteiger partial charge in [-0.2, -0.15) is 0 Å². The average molecular weight is 531 g/mol. The molecule has 0 aromatic carbocycles. The summed E-state index contributed by atoms with van der Waals surface area (Å²) in [6.07, 6.45) is 12.5. The maximum absolute atomic E-state index is 14.5. The van der Waals surface area contributed by atoms with E-state index in [9.17, 15) is 14.4 Å². The first-order valence-corrected chi connectivity index (χ1v) is 14.3. The van der Waals surface area contributed by atoms with Crippen molar-refractivity contribution in [1.82, 2.24) is 9.80 Å². The Morgan fingerprint density at radius 3 is 2.47 bits per heavy atom. The number of carbonyl (C=O) groups excluding carboxylic acids is 3. The molecule has 2 fully saturated rings. The van der Waals surface area contributed by atoms with Crippen LogP contribution in [-0.4, -0.2) is 82.3 Å². The highest BCUT2D eigenvalue weighted by atomic mass is 16.6. The van der Waals surface area contributed by atoms with Crippen LogP contribution in [0.25, 0.3) is 0 Å². The largest absolute Gasteiger partial charge is 0.465 e. The Hall–Kier alpha value is -2.19. The smallest absolute Gasteiger partial charge is 0.312 e. The van der Waals surface area contributed by atoms with Crippen molar-refractivity contribution in [2.24, 2.45) is 17.3 Å². The molecule has 4 heterocycles. The van der Waals surface area contributed by atoms with Gasteiger partial charge in [-0.1, -0.05) is 57.9 Å². The molecule has 2 saturated heterocycles. The normalized spacial score (nSPS) is 32.6. The van der Waals surface area contributed by atoms with Crippen LogP contribution in [-0.2, 0) is 23.9 Å².